The summed E-state index contributed by atoms with van der Waals surface area (Å²) in [5.74, 6) is 0.635. The molecule has 2 fully saturated rings. The zero-order valence-corrected chi connectivity index (χ0v) is 6.66. The van der Waals surface area contributed by atoms with Gasteiger partial charge < -0.3 is 9.47 Å². The normalized spacial score (nSPS) is 39.3. The van der Waals surface area contributed by atoms with Crippen molar-refractivity contribution < 1.29 is 9.47 Å². The minimum absolute atomic E-state index is 0.329. The lowest BCUT2D eigenvalue weighted by atomic mass is 10.0. The van der Waals surface area contributed by atoms with E-state index in [9.17, 15) is 0 Å². The Labute approximate surface area is 67.1 Å². The molecule has 3 nitrogen and oxygen atoms in total. The monoisotopic (exact) mass is 156 g/mol. The minimum atomic E-state index is 0.329. The topological polar surface area (TPSA) is 32.6 Å². The van der Waals surface area contributed by atoms with E-state index in [1.807, 2.05) is 0 Å². The number of rotatable bonds is 1. The molecule has 2 aliphatic rings. The van der Waals surface area contributed by atoms with Gasteiger partial charge in [-0.2, -0.15) is 0 Å². The fourth-order valence-corrected chi connectivity index (χ4v) is 1.69. The molecule has 63 valence electrons. The van der Waals surface area contributed by atoms with E-state index < -0.39 is 0 Å². The summed E-state index contributed by atoms with van der Waals surface area (Å²) in [5, 5.41) is 4.30. The average Bonchev–Trinajstić information content (AvgIpc) is 2.58. The van der Waals surface area contributed by atoms with E-state index in [1.165, 1.54) is 6.42 Å². The fourth-order valence-electron chi connectivity index (χ4n) is 1.69. The molecule has 0 aromatic carbocycles. The maximum absolute atomic E-state index is 5.58. The Morgan fingerprint density at radius 2 is 2.27 bits per heavy atom. The number of hydrogen-bond acceptors (Lipinski definition) is 2. The van der Waals surface area contributed by atoms with Gasteiger partial charge in [-0.15, -0.1) is 0 Å². The van der Waals surface area contributed by atoms with Crippen LogP contribution >= 0.6 is 0 Å². The van der Waals surface area contributed by atoms with E-state index in [4.69, 9.17) is 9.47 Å². The van der Waals surface area contributed by atoms with Gasteiger partial charge in [-0.05, 0) is 6.42 Å². The Morgan fingerprint density at radius 3 is 2.91 bits per heavy atom. The summed E-state index contributed by atoms with van der Waals surface area (Å²) in [6.07, 6.45) is 1.52. The molecule has 0 aliphatic carbocycles. The van der Waals surface area contributed by atoms with E-state index in [-0.39, 0.29) is 0 Å². The van der Waals surface area contributed by atoms with Crippen molar-refractivity contribution >= 4 is 0 Å². The molecule has 0 saturated carbocycles. The molecule has 11 heavy (non-hydrogen) atoms. The number of ether oxygens (including phenoxy) is 2. The standard InChI is InChI=1S/C8H14NO2/c1-2-9-5-7(1)8-6-10-3-4-11-8/h7-8H,1-6H2. The van der Waals surface area contributed by atoms with Crippen molar-refractivity contribution in [1.29, 1.82) is 0 Å². The van der Waals surface area contributed by atoms with Gasteiger partial charge in [0.25, 0.3) is 0 Å². The summed E-state index contributed by atoms with van der Waals surface area (Å²) in [7, 11) is 0. The fraction of sp³-hybridized carbons (Fsp3) is 1.00. The van der Waals surface area contributed by atoms with Gasteiger partial charge in [-0.25, -0.2) is 5.32 Å². The van der Waals surface area contributed by atoms with Gasteiger partial charge in [-0.1, -0.05) is 0 Å². The molecule has 2 heterocycles. The molecule has 2 atom stereocenters. The highest BCUT2D eigenvalue weighted by atomic mass is 16.6. The molecule has 0 spiro atoms. The summed E-state index contributed by atoms with van der Waals surface area (Å²) in [6.45, 7) is 4.31. The summed E-state index contributed by atoms with van der Waals surface area (Å²) < 4.78 is 10.9. The highest BCUT2D eigenvalue weighted by Gasteiger charge is 2.27. The quantitative estimate of drug-likeness (QED) is 0.536. The Balaban J connectivity index is 1.82. The Morgan fingerprint density at radius 1 is 1.27 bits per heavy atom. The van der Waals surface area contributed by atoms with E-state index >= 15 is 0 Å². The molecule has 3 heteroatoms. The maximum atomic E-state index is 5.58. The second-order valence-corrected chi connectivity index (χ2v) is 3.16. The number of nitrogens with zero attached hydrogens (tertiary/aromatic N) is 1. The highest BCUT2D eigenvalue weighted by Crippen LogP contribution is 2.18. The molecule has 1 radical (unpaired) electrons. The third-order valence-corrected chi connectivity index (χ3v) is 2.39. The molecule has 0 aromatic rings. The van der Waals surface area contributed by atoms with Gasteiger partial charge in [0, 0.05) is 19.0 Å². The van der Waals surface area contributed by atoms with Crippen molar-refractivity contribution in [3.63, 3.8) is 0 Å². The van der Waals surface area contributed by atoms with E-state index in [0.717, 1.165) is 32.9 Å². The van der Waals surface area contributed by atoms with Crippen LogP contribution in [0.5, 0.6) is 0 Å². The summed E-state index contributed by atoms with van der Waals surface area (Å²) in [4.78, 5) is 0. The first-order chi connectivity index (χ1) is 5.47. The predicted octanol–water partition coefficient (Wildman–Crippen LogP) is 0.0261. The lowest BCUT2D eigenvalue weighted by molar-refractivity contribution is -0.107. The first-order valence-electron chi connectivity index (χ1n) is 4.29. The van der Waals surface area contributed by atoms with Crippen molar-refractivity contribution in [2.24, 2.45) is 5.92 Å². The summed E-state index contributed by atoms with van der Waals surface area (Å²) >= 11 is 0. The largest absolute Gasteiger partial charge is 0.376 e. The van der Waals surface area contributed by atoms with Crippen molar-refractivity contribution in [2.75, 3.05) is 32.9 Å². The van der Waals surface area contributed by atoms with E-state index in [1.54, 1.807) is 0 Å². The van der Waals surface area contributed by atoms with Gasteiger partial charge in [-0.3, -0.25) is 0 Å². The first-order valence-corrected chi connectivity index (χ1v) is 4.29. The van der Waals surface area contributed by atoms with Crippen LogP contribution in [0.25, 0.3) is 0 Å². The Kier molecular flexibility index (Phi) is 2.41. The van der Waals surface area contributed by atoms with Crippen LogP contribution < -0.4 is 5.32 Å². The average molecular weight is 156 g/mol. The Bertz CT molecular complexity index is 117. The number of hydrogen-bond donors (Lipinski definition) is 0. The molecule has 0 amide bonds. The van der Waals surface area contributed by atoms with Gasteiger partial charge in [0.2, 0.25) is 0 Å². The van der Waals surface area contributed by atoms with Crippen LogP contribution in [0, 0.1) is 5.92 Å². The van der Waals surface area contributed by atoms with Crippen molar-refractivity contribution in [1.82, 2.24) is 5.32 Å². The maximum Gasteiger partial charge on any atom is 0.0850 e. The van der Waals surface area contributed by atoms with Gasteiger partial charge in [0.1, 0.15) is 0 Å². The van der Waals surface area contributed by atoms with Crippen LogP contribution in [0.2, 0.25) is 0 Å². The Hall–Kier alpha value is -0.120. The summed E-state index contributed by atoms with van der Waals surface area (Å²) in [5.41, 5.74) is 0. The first kappa shape index (κ1) is 7.53. The molecular weight excluding hydrogens is 142 g/mol. The zero-order valence-electron chi connectivity index (χ0n) is 6.66. The van der Waals surface area contributed by atoms with Crippen molar-refractivity contribution in [3.05, 3.63) is 0 Å². The van der Waals surface area contributed by atoms with Crippen LogP contribution in [0.4, 0.5) is 0 Å². The molecule has 2 rings (SSSR count). The summed E-state index contributed by atoms with van der Waals surface area (Å²) in [6, 6.07) is 0. The van der Waals surface area contributed by atoms with Crippen LogP contribution in [0.1, 0.15) is 6.42 Å². The molecule has 0 N–H and O–H groups in total. The molecule has 2 unspecified atom stereocenters. The van der Waals surface area contributed by atoms with Crippen LogP contribution in [0.15, 0.2) is 0 Å². The minimum Gasteiger partial charge on any atom is -0.376 e. The van der Waals surface area contributed by atoms with Crippen LogP contribution in [0.3, 0.4) is 0 Å². The van der Waals surface area contributed by atoms with Gasteiger partial charge in [0.05, 0.1) is 25.9 Å². The van der Waals surface area contributed by atoms with Gasteiger partial charge in [0.15, 0.2) is 0 Å². The van der Waals surface area contributed by atoms with Gasteiger partial charge >= 0.3 is 0 Å². The SMILES string of the molecule is C1CC(C2COCCO2)C[N]1. The molecule has 0 aromatic heterocycles. The van der Waals surface area contributed by atoms with Crippen LogP contribution in [-0.2, 0) is 9.47 Å². The van der Waals surface area contributed by atoms with Crippen molar-refractivity contribution in [2.45, 2.75) is 12.5 Å². The second kappa shape index (κ2) is 3.52. The molecule has 2 aliphatic heterocycles. The van der Waals surface area contributed by atoms with Crippen molar-refractivity contribution in [3.8, 4) is 0 Å². The smallest absolute Gasteiger partial charge is 0.0850 e. The predicted molar refractivity (Wildman–Crippen MR) is 40.5 cm³/mol. The molecule has 2 saturated heterocycles. The van der Waals surface area contributed by atoms with E-state index in [0.29, 0.717) is 12.0 Å². The third-order valence-electron chi connectivity index (χ3n) is 2.39. The zero-order chi connectivity index (χ0) is 7.52. The van der Waals surface area contributed by atoms with Crippen LogP contribution in [-0.4, -0.2) is 39.0 Å². The highest BCUT2D eigenvalue weighted by molar-refractivity contribution is 4.79. The lowest BCUT2D eigenvalue weighted by Crippen LogP contribution is -2.35. The van der Waals surface area contributed by atoms with E-state index in [2.05, 4.69) is 5.32 Å². The lowest BCUT2D eigenvalue weighted by Gasteiger charge is -2.27. The molecular formula is C8H14NO2. The molecule has 0 bridgehead atoms. The third kappa shape index (κ3) is 1.72. The second-order valence-electron chi connectivity index (χ2n) is 3.16.